The van der Waals surface area contributed by atoms with Crippen LogP contribution < -0.4 is 16.4 Å². The Bertz CT molecular complexity index is 429. The standard InChI is InChI=1S/C14H21N3O2/c1-10(7-8-15)13(18)17-9-11-3-5-12(6-4-11)14(19)16-2/h3-6,10H,7-9,15H2,1-2H3,(H,16,19)(H,17,18). The van der Waals surface area contributed by atoms with Gasteiger partial charge in [-0.25, -0.2) is 0 Å². The Kier molecular flexibility index (Phi) is 6.02. The van der Waals surface area contributed by atoms with E-state index in [1.807, 2.05) is 19.1 Å². The van der Waals surface area contributed by atoms with Crippen LogP contribution in [0.2, 0.25) is 0 Å². The summed E-state index contributed by atoms with van der Waals surface area (Å²) in [6.07, 6.45) is 0.682. The Hall–Kier alpha value is -1.88. The third-order valence-electron chi connectivity index (χ3n) is 2.96. The number of carbonyl (C=O) groups excluding carboxylic acids is 2. The van der Waals surface area contributed by atoms with Gasteiger partial charge < -0.3 is 16.4 Å². The molecular formula is C14H21N3O2. The highest BCUT2D eigenvalue weighted by Gasteiger charge is 2.11. The van der Waals surface area contributed by atoms with Gasteiger partial charge in [-0.3, -0.25) is 9.59 Å². The molecule has 5 heteroatoms. The molecule has 1 rings (SSSR count). The van der Waals surface area contributed by atoms with E-state index in [0.29, 0.717) is 25.1 Å². The van der Waals surface area contributed by atoms with Gasteiger partial charge >= 0.3 is 0 Å². The van der Waals surface area contributed by atoms with Crippen LogP contribution in [-0.2, 0) is 11.3 Å². The maximum atomic E-state index is 11.7. The molecule has 0 aliphatic carbocycles. The number of nitrogens with two attached hydrogens (primary N) is 1. The van der Waals surface area contributed by atoms with Gasteiger partial charge in [0.2, 0.25) is 5.91 Å². The fourth-order valence-electron chi connectivity index (χ4n) is 1.66. The van der Waals surface area contributed by atoms with Gasteiger partial charge in [0.05, 0.1) is 0 Å². The maximum Gasteiger partial charge on any atom is 0.251 e. The van der Waals surface area contributed by atoms with Crippen molar-refractivity contribution in [3.63, 3.8) is 0 Å². The highest BCUT2D eigenvalue weighted by Crippen LogP contribution is 2.05. The van der Waals surface area contributed by atoms with Crippen molar-refractivity contribution in [2.75, 3.05) is 13.6 Å². The summed E-state index contributed by atoms with van der Waals surface area (Å²) in [7, 11) is 1.59. The van der Waals surface area contributed by atoms with E-state index in [1.165, 1.54) is 0 Å². The van der Waals surface area contributed by atoms with E-state index < -0.39 is 0 Å². The second kappa shape index (κ2) is 7.53. The molecular weight excluding hydrogens is 242 g/mol. The molecule has 104 valence electrons. The van der Waals surface area contributed by atoms with Crippen LogP contribution in [0.5, 0.6) is 0 Å². The zero-order valence-electron chi connectivity index (χ0n) is 11.4. The Morgan fingerprint density at radius 3 is 2.42 bits per heavy atom. The Morgan fingerprint density at radius 2 is 1.89 bits per heavy atom. The Labute approximate surface area is 113 Å². The molecule has 0 saturated carbocycles. The van der Waals surface area contributed by atoms with E-state index in [2.05, 4.69) is 10.6 Å². The first kappa shape index (κ1) is 15.2. The number of hydrogen-bond donors (Lipinski definition) is 3. The van der Waals surface area contributed by atoms with Gasteiger partial charge in [0.1, 0.15) is 0 Å². The molecule has 0 saturated heterocycles. The minimum Gasteiger partial charge on any atom is -0.355 e. The zero-order valence-corrected chi connectivity index (χ0v) is 11.4. The van der Waals surface area contributed by atoms with Crippen molar-refractivity contribution >= 4 is 11.8 Å². The molecule has 1 atom stereocenters. The number of hydrogen-bond acceptors (Lipinski definition) is 3. The van der Waals surface area contributed by atoms with Crippen LogP contribution in [0.3, 0.4) is 0 Å². The predicted molar refractivity (Wildman–Crippen MR) is 74.5 cm³/mol. The highest BCUT2D eigenvalue weighted by molar-refractivity contribution is 5.93. The van der Waals surface area contributed by atoms with E-state index in [-0.39, 0.29) is 17.7 Å². The summed E-state index contributed by atoms with van der Waals surface area (Å²) in [6.45, 7) is 2.83. The van der Waals surface area contributed by atoms with Gasteiger partial charge in [0, 0.05) is 25.1 Å². The van der Waals surface area contributed by atoms with Crippen LogP contribution in [0, 0.1) is 5.92 Å². The molecule has 19 heavy (non-hydrogen) atoms. The van der Waals surface area contributed by atoms with E-state index in [4.69, 9.17) is 5.73 Å². The number of benzene rings is 1. The average molecular weight is 263 g/mol. The van der Waals surface area contributed by atoms with Crippen molar-refractivity contribution in [2.45, 2.75) is 19.9 Å². The van der Waals surface area contributed by atoms with Gasteiger partial charge in [-0.2, -0.15) is 0 Å². The summed E-state index contributed by atoms with van der Waals surface area (Å²) in [6, 6.07) is 7.14. The molecule has 0 aliphatic heterocycles. The minimum absolute atomic E-state index is 0.000766. The average Bonchev–Trinajstić information content (AvgIpc) is 2.44. The molecule has 4 N–H and O–H groups in total. The molecule has 0 heterocycles. The van der Waals surface area contributed by atoms with Crippen molar-refractivity contribution in [2.24, 2.45) is 11.7 Å². The lowest BCUT2D eigenvalue weighted by Crippen LogP contribution is -2.30. The molecule has 0 radical (unpaired) electrons. The van der Waals surface area contributed by atoms with E-state index in [9.17, 15) is 9.59 Å². The summed E-state index contributed by atoms with van der Waals surface area (Å²) in [5, 5.41) is 5.41. The van der Waals surface area contributed by atoms with Gasteiger partial charge in [0.25, 0.3) is 5.91 Å². The quantitative estimate of drug-likeness (QED) is 0.704. The van der Waals surface area contributed by atoms with Crippen LogP contribution in [-0.4, -0.2) is 25.4 Å². The Balaban J connectivity index is 2.50. The summed E-state index contributed by atoms with van der Waals surface area (Å²) < 4.78 is 0. The monoisotopic (exact) mass is 263 g/mol. The summed E-state index contributed by atoms with van der Waals surface area (Å²) in [5.41, 5.74) is 6.98. The lowest BCUT2D eigenvalue weighted by atomic mass is 10.1. The predicted octanol–water partition coefficient (Wildman–Crippen LogP) is 0.647. The number of amides is 2. The molecule has 5 nitrogen and oxygen atoms in total. The van der Waals surface area contributed by atoms with Crippen molar-refractivity contribution < 1.29 is 9.59 Å². The van der Waals surface area contributed by atoms with Crippen molar-refractivity contribution in [1.29, 1.82) is 0 Å². The number of nitrogens with one attached hydrogen (secondary N) is 2. The zero-order chi connectivity index (χ0) is 14.3. The van der Waals surface area contributed by atoms with Crippen LogP contribution in [0.25, 0.3) is 0 Å². The van der Waals surface area contributed by atoms with Gasteiger partial charge in [-0.15, -0.1) is 0 Å². The minimum atomic E-state index is -0.118. The van der Waals surface area contributed by atoms with Crippen LogP contribution in [0.15, 0.2) is 24.3 Å². The smallest absolute Gasteiger partial charge is 0.251 e. The van der Waals surface area contributed by atoms with Crippen LogP contribution in [0.4, 0.5) is 0 Å². The lowest BCUT2D eigenvalue weighted by Gasteiger charge is -2.11. The lowest BCUT2D eigenvalue weighted by molar-refractivity contribution is -0.124. The SMILES string of the molecule is CNC(=O)c1ccc(CNC(=O)C(C)CCN)cc1. The van der Waals surface area contributed by atoms with Gasteiger partial charge in [-0.05, 0) is 30.7 Å². The first-order valence-electron chi connectivity index (χ1n) is 6.37. The fraction of sp³-hybridized carbons (Fsp3) is 0.429. The van der Waals surface area contributed by atoms with Crippen molar-refractivity contribution in [1.82, 2.24) is 10.6 Å². The van der Waals surface area contributed by atoms with Crippen LogP contribution >= 0.6 is 0 Å². The molecule has 2 amide bonds. The molecule has 0 spiro atoms. The third kappa shape index (κ3) is 4.71. The first-order valence-corrected chi connectivity index (χ1v) is 6.37. The summed E-state index contributed by atoms with van der Waals surface area (Å²) in [5.74, 6) is -0.192. The summed E-state index contributed by atoms with van der Waals surface area (Å²) in [4.78, 5) is 23.1. The maximum absolute atomic E-state index is 11.7. The molecule has 0 aliphatic rings. The van der Waals surface area contributed by atoms with E-state index in [0.717, 1.165) is 5.56 Å². The number of carbonyl (C=O) groups is 2. The molecule has 1 aromatic carbocycles. The van der Waals surface area contributed by atoms with Crippen molar-refractivity contribution in [3.8, 4) is 0 Å². The molecule has 1 unspecified atom stereocenters. The fourth-order valence-corrected chi connectivity index (χ4v) is 1.66. The third-order valence-corrected chi connectivity index (χ3v) is 2.96. The van der Waals surface area contributed by atoms with E-state index >= 15 is 0 Å². The first-order chi connectivity index (χ1) is 9.08. The largest absolute Gasteiger partial charge is 0.355 e. The van der Waals surface area contributed by atoms with Gasteiger partial charge in [0.15, 0.2) is 0 Å². The molecule has 0 fully saturated rings. The second-order valence-electron chi connectivity index (χ2n) is 4.47. The van der Waals surface area contributed by atoms with E-state index in [1.54, 1.807) is 19.2 Å². The van der Waals surface area contributed by atoms with Gasteiger partial charge in [-0.1, -0.05) is 19.1 Å². The number of rotatable bonds is 6. The molecule has 0 aromatic heterocycles. The van der Waals surface area contributed by atoms with Crippen molar-refractivity contribution in [3.05, 3.63) is 35.4 Å². The molecule has 1 aromatic rings. The topological polar surface area (TPSA) is 84.2 Å². The normalized spacial score (nSPS) is 11.7. The molecule has 0 bridgehead atoms. The summed E-state index contributed by atoms with van der Waals surface area (Å²) >= 11 is 0. The second-order valence-corrected chi connectivity index (χ2v) is 4.47. The Morgan fingerprint density at radius 1 is 1.26 bits per heavy atom. The van der Waals surface area contributed by atoms with Crippen LogP contribution in [0.1, 0.15) is 29.3 Å². The highest BCUT2D eigenvalue weighted by atomic mass is 16.2.